The fourth-order valence-electron chi connectivity index (χ4n) is 3.19. The molecule has 0 bridgehead atoms. The Morgan fingerprint density at radius 1 is 1.14 bits per heavy atom. The molecule has 0 fully saturated rings. The number of hydrogen-bond donors (Lipinski definition) is 0. The van der Waals surface area contributed by atoms with Gasteiger partial charge in [0.15, 0.2) is 0 Å². The molecule has 0 radical (unpaired) electrons. The second kappa shape index (κ2) is 8.78. The van der Waals surface area contributed by atoms with E-state index in [9.17, 15) is 9.59 Å². The van der Waals surface area contributed by atoms with Crippen LogP contribution in [0.5, 0.6) is 0 Å². The fourth-order valence-corrected chi connectivity index (χ4v) is 4.13. The second-order valence-electron chi connectivity index (χ2n) is 6.82. The number of hydrogen-bond acceptors (Lipinski definition) is 5. The number of aromatic nitrogens is 1. The maximum absolute atomic E-state index is 13.2. The normalized spacial score (nSPS) is 11.0. The molecule has 7 heteroatoms. The fraction of sp³-hybridized carbons (Fsp3) is 0.182. The third kappa shape index (κ3) is 4.05. The number of benzene rings is 1. The topological polar surface area (TPSA) is 51.0 Å². The van der Waals surface area contributed by atoms with Crippen LogP contribution < -0.4 is 5.56 Å². The Bertz CT molecular complexity index is 1220. The van der Waals surface area contributed by atoms with Gasteiger partial charge in [0, 0.05) is 18.3 Å². The summed E-state index contributed by atoms with van der Waals surface area (Å²) in [5.41, 5.74) is 2.11. The Hall–Kier alpha value is -2.67. The minimum absolute atomic E-state index is 0. The number of thiophene rings is 1. The van der Waals surface area contributed by atoms with Crippen molar-refractivity contribution in [1.82, 2.24) is 9.30 Å². The zero-order chi connectivity index (χ0) is 19.7. The van der Waals surface area contributed by atoms with Crippen LogP contribution in [0.3, 0.4) is 0 Å². The monoisotopic (exact) mass is 428 g/mol. The van der Waals surface area contributed by atoms with Crippen LogP contribution in [-0.2, 0) is 4.74 Å². The molecule has 150 valence electrons. The zero-order valence-corrected chi connectivity index (χ0v) is 17.8. The minimum atomic E-state index is -0.419. The molecule has 4 aromatic rings. The summed E-state index contributed by atoms with van der Waals surface area (Å²) in [6, 6.07) is 14.9. The molecule has 5 nitrogen and oxygen atoms in total. The SMILES string of the molecule is CN(C)CCOC(=O)c1cc(-c2ccccc2)c(=O)n2ccc3ccsc3c12.Cl. The summed E-state index contributed by atoms with van der Waals surface area (Å²) in [6.45, 7) is 0.925. The predicted molar refractivity (Wildman–Crippen MR) is 121 cm³/mol. The van der Waals surface area contributed by atoms with Gasteiger partial charge in [-0.1, -0.05) is 30.3 Å². The van der Waals surface area contributed by atoms with E-state index in [1.807, 2.05) is 66.8 Å². The molecule has 0 N–H and O–H groups in total. The lowest BCUT2D eigenvalue weighted by Crippen LogP contribution is -2.22. The van der Waals surface area contributed by atoms with Gasteiger partial charge >= 0.3 is 5.97 Å². The lowest BCUT2D eigenvalue weighted by Gasteiger charge is -2.13. The molecule has 0 atom stereocenters. The standard InChI is InChI=1S/C22H20N2O3S.ClH/c1-23(2)11-12-27-22(26)18-14-17(15-6-4-3-5-7-15)21(25)24-10-8-16-9-13-28-20(16)19(18)24;/h3-10,13-14H,11-12H2,1-2H3;1H. The number of carbonyl (C=O) groups is 1. The molecule has 4 rings (SSSR count). The van der Waals surface area contributed by atoms with E-state index in [0.717, 1.165) is 15.6 Å². The number of fused-ring (bicyclic) bond motifs is 3. The van der Waals surface area contributed by atoms with Gasteiger partial charge in [0.2, 0.25) is 0 Å². The summed E-state index contributed by atoms with van der Waals surface area (Å²) in [4.78, 5) is 28.1. The van der Waals surface area contributed by atoms with E-state index in [1.54, 1.807) is 16.7 Å². The van der Waals surface area contributed by atoms with Crippen LogP contribution >= 0.6 is 23.7 Å². The van der Waals surface area contributed by atoms with Crippen LogP contribution in [0.25, 0.3) is 26.7 Å². The first-order valence-electron chi connectivity index (χ1n) is 8.99. The number of likely N-dealkylation sites (N-methyl/N-ethyl adjacent to an activating group) is 1. The minimum Gasteiger partial charge on any atom is -0.461 e. The predicted octanol–water partition coefficient (Wildman–Crippen LogP) is 4.32. The quantitative estimate of drug-likeness (QED) is 0.444. The van der Waals surface area contributed by atoms with Gasteiger partial charge in [0.05, 0.1) is 15.8 Å². The van der Waals surface area contributed by atoms with Crippen molar-refractivity contribution in [2.45, 2.75) is 0 Å². The molecule has 0 aliphatic carbocycles. The van der Waals surface area contributed by atoms with Gasteiger partial charge in [-0.3, -0.25) is 9.20 Å². The Balaban J connectivity index is 0.00000240. The molecule has 0 aliphatic heterocycles. The molecular weight excluding hydrogens is 408 g/mol. The number of pyridine rings is 2. The molecule has 3 aromatic heterocycles. The molecule has 1 aromatic carbocycles. The molecular formula is C22H21ClN2O3S. The number of esters is 1. The Morgan fingerprint density at radius 2 is 1.90 bits per heavy atom. The highest BCUT2D eigenvalue weighted by Crippen LogP contribution is 2.29. The molecule has 29 heavy (non-hydrogen) atoms. The van der Waals surface area contributed by atoms with E-state index < -0.39 is 5.97 Å². The van der Waals surface area contributed by atoms with Crippen LogP contribution in [0.4, 0.5) is 0 Å². The Kier molecular flexibility index (Phi) is 6.37. The molecule has 0 saturated heterocycles. The van der Waals surface area contributed by atoms with Crippen LogP contribution in [-0.4, -0.2) is 42.5 Å². The third-order valence-electron chi connectivity index (χ3n) is 4.62. The number of rotatable bonds is 5. The van der Waals surface area contributed by atoms with E-state index in [-0.39, 0.29) is 24.6 Å². The highest BCUT2D eigenvalue weighted by atomic mass is 35.5. The maximum atomic E-state index is 13.2. The number of nitrogens with zero attached hydrogens (tertiary/aromatic N) is 2. The van der Waals surface area contributed by atoms with Crippen molar-refractivity contribution in [1.29, 1.82) is 0 Å². The van der Waals surface area contributed by atoms with Crippen LogP contribution in [0.1, 0.15) is 10.4 Å². The average molecular weight is 429 g/mol. The van der Waals surface area contributed by atoms with Gasteiger partial charge < -0.3 is 9.64 Å². The summed E-state index contributed by atoms with van der Waals surface area (Å²) in [5.74, 6) is -0.419. The average Bonchev–Trinajstić information content (AvgIpc) is 3.17. The molecule has 0 spiro atoms. The Labute approximate surface area is 178 Å². The molecule has 0 unspecified atom stereocenters. The van der Waals surface area contributed by atoms with Crippen molar-refractivity contribution in [2.24, 2.45) is 0 Å². The lowest BCUT2D eigenvalue weighted by atomic mass is 10.0. The van der Waals surface area contributed by atoms with Crippen molar-refractivity contribution in [3.05, 3.63) is 76.0 Å². The first-order valence-corrected chi connectivity index (χ1v) is 9.87. The van der Waals surface area contributed by atoms with Crippen molar-refractivity contribution in [2.75, 3.05) is 27.2 Å². The number of ether oxygens (including phenoxy) is 1. The highest BCUT2D eigenvalue weighted by molar-refractivity contribution is 7.18. The van der Waals surface area contributed by atoms with Gasteiger partial charge in [0.1, 0.15) is 6.61 Å². The smallest absolute Gasteiger partial charge is 0.340 e. The van der Waals surface area contributed by atoms with Gasteiger partial charge in [-0.15, -0.1) is 23.7 Å². The Morgan fingerprint density at radius 3 is 2.62 bits per heavy atom. The van der Waals surface area contributed by atoms with Crippen molar-refractivity contribution < 1.29 is 9.53 Å². The van der Waals surface area contributed by atoms with Crippen LogP contribution in [0.2, 0.25) is 0 Å². The summed E-state index contributed by atoms with van der Waals surface area (Å²) in [7, 11) is 3.85. The van der Waals surface area contributed by atoms with E-state index in [1.165, 1.54) is 11.3 Å². The summed E-state index contributed by atoms with van der Waals surface area (Å²) >= 11 is 1.51. The highest BCUT2D eigenvalue weighted by Gasteiger charge is 2.20. The molecule has 0 aliphatic rings. The van der Waals surface area contributed by atoms with E-state index >= 15 is 0 Å². The van der Waals surface area contributed by atoms with Gasteiger partial charge in [-0.25, -0.2) is 4.79 Å². The van der Waals surface area contributed by atoms with E-state index in [4.69, 9.17) is 4.74 Å². The summed E-state index contributed by atoms with van der Waals surface area (Å²) in [5, 5.41) is 2.96. The first kappa shape index (κ1) is 21.0. The summed E-state index contributed by atoms with van der Waals surface area (Å²) < 4.78 is 7.97. The first-order chi connectivity index (χ1) is 13.6. The van der Waals surface area contributed by atoms with Gasteiger partial charge in [-0.05, 0) is 48.6 Å². The maximum Gasteiger partial charge on any atom is 0.340 e. The number of halogens is 1. The van der Waals surface area contributed by atoms with Crippen LogP contribution in [0, 0.1) is 0 Å². The van der Waals surface area contributed by atoms with E-state index in [2.05, 4.69) is 0 Å². The van der Waals surface area contributed by atoms with Crippen molar-refractivity contribution >= 4 is 45.3 Å². The van der Waals surface area contributed by atoms with Crippen molar-refractivity contribution in [3.63, 3.8) is 0 Å². The van der Waals surface area contributed by atoms with E-state index in [0.29, 0.717) is 23.2 Å². The third-order valence-corrected chi connectivity index (χ3v) is 5.56. The summed E-state index contributed by atoms with van der Waals surface area (Å²) in [6.07, 6.45) is 1.73. The molecule has 0 amide bonds. The number of carbonyl (C=O) groups excluding carboxylic acids is 1. The van der Waals surface area contributed by atoms with Crippen LogP contribution in [0.15, 0.2) is 64.9 Å². The van der Waals surface area contributed by atoms with Crippen molar-refractivity contribution in [3.8, 4) is 11.1 Å². The van der Waals surface area contributed by atoms with Gasteiger partial charge in [0.25, 0.3) is 5.56 Å². The molecule has 3 heterocycles. The zero-order valence-electron chi connectivity index (χ0n) is 16.1. The molecule has 0 saturated carbocycles. The van der Waals surface area contributed by atoms with Gasteiger partial charge in [-0.2, -0.15) is 0 Å². The second-order valence-corrected chi connectivity index (χ2v) is 7.74. The largest absolute Gasteiger partial charge is 0.461 e. The lowest BCUT2D eigenvalue weighted by molar-refractivity contribution is 0.0484.